The lowest BCUT2D eigenvalue weighted by Crippen LogP contribution is -2.30. The van der Waals surface area contributed by atoms with E-state index in [9.17, 15) is 8.42 Å². The van der Waals surface area contributed by atoms with Crippen LogP contribution in [0.4, 0.5) is 0 Å². The van der Waals surface area contributed by atoms with Crippen molar-refractivity contribution in [1.29, 1.82) is 0 Å². The number of nitrogens with one attached hydrogen (secondary N) is 1. The summed E-state index contributed by atoms with van der Waals surface area (Å²) in [5, 5.41) is 0. The van der Waals surface area contributed by atoms with Gasteiger partial charge in [0.15, 0.2) is 0 Å². The normalized spacial score (nSPS) is 19.8. The van der Waals surface area contributed by atoms with Crippen molar-refractivity contribution in [3.8, 4) is 5.75 Å². The quantitative estimate of drug-likeness (QED) is 0.573. The molecule has 1 aliphatic heterocycles. The molecule has 0 bridgehead atoms. The van der Waals surface area contributed by atoms with Crippen LogP contribution in [0.5, 0.6) is 5.75 Å². The van der Waals surface area contributed by atoms with Gasteiger partial charge in [-0.15, -0.1) is 0 Å². The van der Waals surface area contributed by atoms with E-state index in [1.165, 1.54) is 25.7 Å². The number of rotatable bonds is 8. The largest absolute Gasteiger partial charge is 0.490 e. The predicted octanol–water partition coefficient (Wildman–Crippen LogP) is 2.31. The first-order valence-corrected chi connectivity index (χ1v) is 10.2. The number of hydrogen-bond donors (Lipinski definition) is 1. The van der Waals surface area contributed by atoms with E-state index in [1.807, 2.05) is 0 Å². The Morgan fingerprint density at radius 3 is 2.38 bits per heavy atom. The molecule has 1 aliphatic carbocycles. The van der Waals surface area contributed by atoms with Crippen LogP contribution in [0.1, 0.15) is 38.5 Å². The molecule has 0 amide bonds. The third-order valence-electron chi connectivity index (χ3n) is 4.62. The average molecular weight is 354 g/mol. The van der Waals surface area contributed by atoms with Crippen molar-refractivity contribution in [3.05, 3.63) is 24.3 Å². The molecule has 0 unspecified atom stereocenters. The highest BCUT2D eigenvalue weighted by Gasteiger charge is 2.18. The Morgan fingerprint density at radius 1 is 1.04 bits per heavy atom. The van der Waals surface area contributed by atoms with E-state index in [1.54, 1.807) is 24.3 Å². The molecule has 1 aromatic rings. The fourth-order valence-electron chi connectivity index (χ4n) is 3.24. The molecule has 6 nitrogen and oxygen atoms in total. The van der Waals surface area contributed by atoms with E-state index in [4.69, 9.17) is 9.57 Å². The zero-order valence-corrected chi connectivity index (χ0v) is 14.8. The van der Waals surface area contributed by atoms with Gasteiger partial charge in [-0.25, -0.2) is 8.42 Å². The highest BCUT2D eigenvalue weighted by Crippen LogP contribution is 2.24. The van der Waals surface area contributed by atoms with E-state index in [2.05, 4.69) is 9.79 Å². The van der Waals surface area contributed by atoms with E-state index in [0.29, 0.717) is 6.61 Å². The van der Waals surface area contributed by atoms with Gasteiger partial charge in [0.2, 0.25) is 0 Å². The smallest absolute Gasteiger partial charge is 0.262 e. The van der Waals surface area contributed by atoms with Gasteiger partial charge in [0.05, 0.1) is 17.6 Å². The molecule has 1 saturated carbocycles. The van der Waals surface area contributed by atoms with Crippen molar-refractivity contribution in [3.63, 3.8) is 0 Å². The minimum atomic E-state index is -3.65. The summed E-state index contributed by atoms with van der Waals surface area (Å²) in [5.41, 5.74) is 0. The minimum absolute atomic E-state index is 0.183. The molecule has 1 N–H and O–H groups in total. The Labute approximate surface area is 144 Å². The van der Waals surface area contributed by atoms with Gasteiger partial charge in [-0.1, -0.05) is 4.89 Å². The number of nitrogens with zero attached hydrogens (tertiary/aromatic N) is 1. The van der Waals surface area contributed by atoms with Gasteiger partial charge in [-0.3, -0.25) is 4.84 Å². The summed E-state index contributed by atoms with van der Waals surface area (Å²) in [7, 11) is -3.65. The van der Waals surface area contributed by atoms with Gasteiger partial charge in [0.1, 0.15) is 5.75 Å². The van der Waals surface area contributed by atoms with Crippen molar-refractivity contribution in [2.45, 2.75) is 49.5 Å². The summed E-state index contributed by atoms with van der Waals surface area (Å²) >= 11 is 0. The molecule has 1 heterocycles. The number of hydrogen-bond acceptors (Lipinski definition) is 5. The van der Waals surface area contributed by atoms with Crippen molar-refractivity contribution in [1.82, 2.24) is 9.79 Å². The van der Waals surface area contributed by atoms with Crippen LogP contribution in [0, 0.1) is 0 Å². The van der Waals surface area contributed by atoms with Crippen LogP contribution in [-0.4, -0.2) is 45.7 Å². The Kier molecular flexibility index (Phi) is 6.10. The standard InChI is InChI=1S/C17H26N2O4S/c20-24(21,18-22-14-13-19-11-3-4-12-19)17-9-7-16(8-10-17)23-15-5-1-2-6-15/h7-10,15,18H,1-6,11-14H2. The Bertz CT molecular complexity index is 606. The molecule has 0 spiro atoms. The second kappa shape index (κ2) is 8.29. The molecule has 3 rings (SSSR count). The van der Waals surface area contributed by atoms with Crippen molar-refractivity contribution in [2.24, 2.45) is 0 Å². The lowest BCUT2D eigenvalue weighted by atomic mass is 10.3. The molecule has 2 fully saturated rings. The van der Waals surface area contributed by atoms with Gasteiger partial charge in [0, 0.05) is 6.54 Å². The van der Waals surface area contributed by atoms with E-state index in [0.717, 1.165) is 38.2 Å². The second-order valence-electron chi connectivity index (χ2n) is 6.48. The highest BCUT2D eigenvalue weighted by molar-refractivity contribution is 7.89. The summed E-state index contributed by atoms with van der Waals surface area (Å²) in [6.45, 7) is 3.23. The molecule has 0 aromatic heterocycles. The molecule has 2 aliphatic rings. The number of benzene rings is 1. The zero-order chi connectivity index (χ0) is 16.8. The Hall–Kier alpha value is -1.15. The van der Waals surface area contributed by atoms with Crippen LogP contribution in [0.25, 0.3) is 0 Å². The van der Waals surface area contributed by atoms with Crippen LogP contribution in [0.2, 0.25) is 0 Å². The predicted molar refractivity (Wildman–Crippen MR) is 91.3 cm³/mol. The van der Waals surface area contributed by atoms with Crippen LogP contribution >= 0.6 is 0 Å². The maximum atomic E-state index is 12.2. The zero-order valence-electron chi connectivity index (χ0n) is 13.9. The number of likely N-dealkylation sites (tertiary alicyclic amines) is 1. The molecule has 7 heteroatoms. The third kappa shape index (κ3) is 4.92. The van der Waals surface area contributed by atoms with Crippen molar-refractivity contribution in [2.75, 3.05) is 26.2 Å². The fraction of sp³-hybridized carbons (Fsp3) is 0.647. The highest BCUT2D eigenvalue weighted by atomic mass is 32.2. The molecule has 134 valence electrons. The SMILES string of the molecule is O=S(=O)(NOCCN1CCCC1)c1ccc(OC2CCCC2)cc1. The lowest BCUT2D eigenvalue weighted by molar-refractivity contribution is 0.0756. The molecule has 1 aromatic carbocycles. The van der Waals surface area contributed by atoms with E-state index < -0.39 is 10.0 Å². The average Bonchev–Trinajstić information content (AvgIpc) is 3.26. The summed E-state index contributed by atoms with van der Waals surface area (Å²) < 4.78 is 30.2. The molecule has 1 saturated heterocycles. The summed E-state index contributed by atoms with van der Waals surface area (Å²) in [6.07, 6.45) is 7.24. The van der Waals surface area contributed by atoms with E-state index >= 15 is 0 Å². The second-order valence-corrected chi connectivity index (χ2v) is 8.12. The van der Waals surface area contributed by atoms with Gasteiger partial charge in [0.25, 0.3) is 10.0 Å². The molecular weight excluding hydrogens is 328 g/mol. The van der Waals surface area contributed by atoms with Gasteiger partial charge >= 0.3 is 0 Å². The summed E-state index contributed by atoms with van der Waals surface area (Å²) in [5.74, 6) is 0.718. The van der Waals surface area contributed by atoms with Gasteiger partial charge in [-0.2, -0.15) is 0 Å². The lowest BCUT2D eigenvalue weighted by Gasteiger charge is -2.15. The van der Waals surface area contributed by atoms with Crippen molar-refractivity contribution < 1.29 is 18.0 Å². The van der Waals surface area contributed by atoms with Gasteiger partial charge < -0.3 is 9.64 Å². The first-order valence-electron chi connectivity index (χ1n) is 8.76. The molecule has 0 atom stereocenters. The first-order chi connectivity index (χ1) is 11.6. The molecule has 24 heavy (non-hydrogen) atoms. The van der Waals surface area contributed by atoms with Crippen LogP contribution < -0.4 is 9.62 Å². The monoisotopic (exact) mass is 354 g/mol. The van der Waals surface area contributed by atoms with Crippen LogP contribution in [-0.2, 0) is 14.9 Å². The van der Waals surface area contributed by atoms with Crippen LogP contribution in [0.15, 0.2) is 29.2 Å². The molecule has 0 radical (unpaired) electrons. The number of ether oxygens (including phenoxy) is 1. The maximum Gasteiger partial charge on any atom is 0.262 e. The Balaban J connectivity index is 1.46. The van der Waals surface area contributed by atoms with Crippen LogP contribution in [0.3, 0.4) is 0 Å². The summed E-state index contributed by atoms with van der Waals surface area (Å²) in [4.78, 5) is 9.79. The maximum absolute atomic E-state index is 12.2. The topological polar surface area (TPSA) is 67.9 Å². The summed E-state index contributed by atoms with van der Waals surface area (Å²) in [6, 6.07) is 6.52. The van der Waals surface area contributed by atoms with Crippen molar-refractivity contribution >= 4 is 10.0 Å². The first kappa shape index (κ1) is 17.7. The van der Waals surface area contributed by atoms with E-state index in [-0.39, 0.29) is 11.0 Å². The fourth-order valence-corrected chi connectivity index (χ4v) is 4.07. The minimum Gasteiger partial charge on any atom is -0.490 e. The number of sulfonamides is 1. The molecular formula is C17H26N2O4S. The Morgan fingerprint density at radius 2 is 1.71 bits per heavy atom. The third-order valence-corrected chi connectivity index (χ3v) is 5.85. The van der Waals surface area contributed by atoms with Gasteiger partial charge in [-0.05, 0) is 75.9 Å².